The van der Waals surface area contributed by atoms with E-state index in [1.165, 1.54) is 35.2 Å². The molecule has 3 heterocycles. The van der Waals surface area contributed by atoms with Gasteiger partial charge in [0, 0.05) is 54.4 Å². The molecule has 0 radical (unpaired) electrons. The average Bonchev–Trinajstić information content (AvgIpc) is 3.37. The highest BCUT2D eigenvalue weighted by Gasteiger charge is 2.28. The Kier molecular flexibility index (Phi) is 8.33. The van der Waals surface area contributed by atoms with Gasteiger partial charge in [0.1, 0.15) is 10.0 Å². The molecule has 0 N–H and O–H groups in total. The summed E-state index contributed by atoms with van der Waals surface area (Å²) in [5.41, 5.74) is 1.82. The molecular formula is C24H22ClN5O3S2. The first-order chi connectivity index (χ1) is 17.0. The summed E-state index contributed by atoms with van der Waals surface area (Å²) in [6.45, 7) is 1.25. The summed E-state index contributed by atoms with van der Waals surface area (Å²) >= 11 is 8.98. The molecule has 0 aliphatic carbocycles. The molecule has 11 heteroatoms. The van der Waals surface area contributed by atoms with E-state index in [2.05, 4.69) is 11.1 Å². The van der Waals surface area contributed by atoms with E-state index in [0.717, 1.165) is 30.0 Å². The number of aromatic nitrogens is 2. The van der Waals surface area contributed by atoms with Crippen molar-refractivity contribution in [1.82, 2.24) is 14.9 Å². The van der Waals surface area contributed by atoms with Crippen molar-refractivity contribution in [3.05, 3.63) is 67.6 Å². The molecule has 1 amide bonds. The van der Waals surface area contributed by atoms with Crippen LogP contribution < -0.4 is 0 Å². The molecular weight excluding hydrogens is 506 g/mol. The molecule has 35 heavy (non-hydrogen) atoms. The van der Waals surface area contributed by atoms with Crippen LogP contribution >= 0.6 is 34.7 Å². The van der Waals surface area contributed by atoms with E-state index in [-0.39, 0.29) is 22.5 Å². The standard InChI is InChI=1S/C24H22ClN5O3S2/c25-19-6-5-17(14-21(19)30(32)33)20-15-35-22(28-20)16-7-11-29(12-8-16)24(31)18-4-3-10-27-23(18)34-13-2-1-9-26/h3-6,10,14-16H,1-2,7-8,11-13H2. The van der Waals surface area contributed by atoms with Crippen molar-refractivity contribution in [2.24, 2.45) is 0 Å². The number of piperidine rings is 1. The molecule has 4 rings (SSSR count). The zero-order valence-corrected chi connectivity index (χ0v) is 21.1. The van der Waals surface area contributed by atoms with Crippen molar-refractivity contribution in [3.8, 4) is 17.3 Å². The van der Waals surface area contributed by atoms with E-state index >= 15 is 0 Å². The number of likely N-dealkylation sites (tertiary alicyclic amines) is 1. The number of amides is 1. The maximum Gasteiger partial charge on any atom is 0.288 e. The maximum absolute atomic E-state index is 13.2. The van der Waals surface area contributed by atoms with E-state index in [4.69, 9.17) is 21.8 Å². The number of hydrogen-bond acceptors (Lipinski definition) is 8. The van der Waals surface area contributed by atoms with Gasteiger partial charge in [0.2, 0.25) is 0 Å². The summed E-state index contributed by atoms with van der Waals surface area (Å²) in [5, 5.41) is 23.6. The van der Waals surface area contributed by atoms with Crippen LogP contribution in [0.1, 0.15) is 47.0 Å². The van der Waals surface area contributed by atoms with Crippen molar-refractivity contribution < 1.29 is 9.72 Å². The van der Waals surface area contributed by atoms with Gasteiger partial charge in [0.05, 0.1) is 27.3 Å². The average molecular weight is 528 g/mol. The minimum atomic E-state index is -0.496. The van der Waals surface area contributed by atoms with Crippen molar-refractivity contribution in [3.63, 3.8) is 0 Å². The summed E-state index contributed by atoms with van der Waals surface area (Å²) < 4.78 is 0. The van der Waals surface area contributed by atoms with Crippen molar-refractivity contribution >= 4 is 46.3 Å². The molecule has 0 unspecified atom stereocenters. The minimum Gasteiger partial charge on any atom is -0.339 e. The van der Waals surface area contributed by atoms with E-state index in [1.54, 1.807) is 18.3 Å². The Morgan fingerprint density at radius 2 is 2.14 bits per heavy atom. The van der Waals surface area contributed by atoms with E-state index in [9.17, 15) is 14.9 Å². The van der Waals surface area contributed by atoms with Gasteiger partial charge in [-0.3, -0.25) is 14.9 Å². The molecule has 1 saturated heterocycles. The van der Waals surface area contributed by atoms with Crippen LogP contribution in [-0.2, 0) is 0 Å². The van der Waals surface area contributed by atoms with Crippen LogP contribution in [0, 0.1) is 21.4 Å². The number of halogens is 1. The number of unbranched alkanes of at least 4 members (excludes halogenated alkanes) is 1. The molecule has 3 aromatic rings. The third-order valence-electron chi connectivity index (χ3n) is 5.77. The fourth-order valence-corrected chi connectivity index (χ4v) is 6.02. The molecule has 1 aliphatic rings. The first kappa shape index (κ1) is 25.1. The van der Waals surface area contributed by atoms with E-state index < -0.39 is 4.92 Å². The van der Waals surface area contributed by atoms with E-state index in [1.807, 2.05) is 16.3 Å². The van der Waals surface area contributed by atoms with Gasteiger partial charge in [-0.25, -0.2) is 9.97 Å². The van der Waals surface area contributed by atoms with Crippen LogP contribution in [0.15, 0.2) is 46.9 Å². The van der Waals surface area contributed by atoms with Crippen LogP contribution in [-0.4, -0.2) is 44.5 Å². The number of thioether (sulfide) groups is 1. The number of benzene rings is 1. The number of pyridine rings is 1. The fraction of sp³-hybridized carbons (Fsp3) is 0.333. The number of nitrogens with zero attached hydrogens (tertiary/aromatic N) is 5. The summed E-state index contributed by atoms with van der Waals surface area (Å²) in [6.07, 6.45) is 4.53. The Morgan fingerprint density at radius 1 is 1.34 bits per heavy atom. The lowest BCUT2D eigenvalue weighted by Gasteiger charge is -2.31. The quantitative estimate of drug-likeness (QED) is 0.149. The highest BCUT2D eigenvalue weighted by Crippen LogP contribution is 2.35. The molecule has 0 spiro atoms. The lowest BCUT2D eigenvalue weighted by molar-refractivity contribution is -0.384. The van der Waals surface area contributed by atoms with Gasteiger partial charge in [-0.2, -0.15) is 5.26 Å². The van der Waals surface area contributed by atoms with Gasteiger partial charge < -0.3 is 4.90 Å². The van der Waals surface area contributed by atoms with Gasteiger partial charge in [-0.15, -0.1) is 23.1 Å². The van der Waals surface area contributed by atoms with Gasteiger partial charge >= 0.3 is 0 Å². The van der Waals surface area contributed by atoms with E-state index in [0.29, 0.717) is 41.4 Å². The van der Waals surface area contributed by atoms with Gasteiger partial charge in [0.25, 0.3) is 11.6 Å². The molecule has 1 aromatic carbocycles. The summed E-state index contributed by atoms with van der Waals surface area (Å²) in [6, 6.07) is 10.4. The second kappa shape index (κ2) is 11.6. The number of carbonyl (C=O) groups excluding carboxylic acids is 1. The molecule has 1 fully saturated rings. The van der Waals surface area contributed by atoms with Crippen LogP contribution in [0.4, 0.5) is 5.69 Å². The predicted molar refractivity (Wildman–Crippen MR) is 137 cm³/mol. The highest BCUT2D eigenvalue weighted by atomic mass is 35.5. The molecule has 180 valence electrons. The van der Waals surface area contributed by atoms with Crippen LogP contribution in [0.25, 0.3) is 11.3 Å². The molecule has 0 bridgehead atoms. The third kappa shape index (κ3) is 5.99. The Balaban J connectivity index is 1.39. The van der Waals surface area contributed by atoms with Crippen LogP contribution in [0.3, 0.4) is 0 Å². The van der Waals surface area contributed by atoms with Crippen molar-refractivity contribution in [2.45, 2.75) is 36.6 Å². The SMILES string of the molecule is N#CCCCSc1ncccc1C(=O)N1CCC(c2nc(-c3ccc(Cl)c([N+](=O)[O-])c3)cs2)CC1. The number of nitro benzene ring substituents is 1. The lowest BCUT2D eigenvalue weighted by atomic mass is 9.97. The summed E-state index contributed by atoms with van der Waals surface area (Å²) in [7, 11) is 0. The Morgan fingerprint density at radius 3 is 2.89 bits per heavy atom. The van der Waals surface area contributed by atoms with Crippen molar-refractivity contribution in [2.75, 3.05) is 18.8 Å². The number of hydrogen-bond donors (Lipinski definition) is 0. The van der Waals surface area contributed by atoms with Gasteiger partial charge in [-0.1, -0.05) is 17.7 Å². The summed E-state index contributed by atoms with van der Waals surface area (Å²) in [4.78, 5) is 34.9. The number of nitriles is 1. The highest BCUT2D eigenvalue weighted by molar-refractivity contribution is 7.99. The Labute approximate surface area is 216 Å². The molecule has 0 saturated carbocycles. The third-order valence-corrected chi connectivity index (χ3v) is 8.18. The molecule has 2 aromatic heterocycles. The number of thiazole rings is 1. The first-order valence-electron chi connectivity index (χ1n) is 11.1. The maximum atomic E-state index is 13.2. The predicted octanol–water partition coefficient (Wildman–Crippen LogP) is 6.18. The second-order valence-corrected chi connectivity index (χ2v) is 10.4. The normalized spacial score (nSPS) is 14.0. The largest absolute Gasteiger partial charge is 0.339 e. The molecule has 0 atom stereocenters. The van der Waals surface area contributed by atoms with Crippen molar-refractivity contribution in [1.29, 1.82) is 5.26 Å². The molecule has 8 nitrogen and oxygen atoms in total. The van der Waals surface area contributed by atoms with Crippen LogP contribution in [0.2, 0.25) is 5.02 Å². The Bertz CT molecular complexity index is 1270. The minimum absolute atomic E-state index is 0.0207. The monoisotopic (exact) mass is 527 g/mol. The zero-order chi connectivity index (χ0) is 24.8. The van der Waals surface area contributed by atoms with Crippen LogP contribution in [0.5, 0.6) is 0 Å². The Hall–Kier alpha value is -3.00. The molecule has 1 aliphatic heterocycles. The fourth-order valence-electron chi connectivity index (χ4n) is 3.91. The smallest absolute Gasteiger partial charge is 0.288 e. The number of nitro groups is 1. The van der Waals surface area contributed by atoms with Gasteiger partial charge in [0.15, 0.2) is 0 Å². The lowest BCUT2D eigenvalue weighted by Crippen LogP contribution is -2.38. The summed E-state index contributed by atoms with van der Waals surface area (Å²) in [5.74, 6) is 0.956. The first-order valence-corrected chi connectivity index (χ1v) is 13.4. The number of carbonyl (C=O) groups is 1. The zero-order valence-electron chi connectivity index (χ0n) is 18.7. The topological polar surface area (TPSA) is 113 Å². The van der Waals surface area contributed by atoms with Gasteiger partial charge in [-0.05, 0) is 37.5 Å². The second-order valence-electron chi connectivity index (χ2n) is 8.03. The number of rotatable bonds is 8.